The molecule has 1 saturated heterocycles. The Balaban J connectivity index is 1.10. The number of aromatic amines is 1. The number of nitrogens with one attached hydrogen (secondary N) is 2. The van der Waals surface area contributed by atoms with Crippen molar-refractivity contribution in [1.29, 1.82) is 0 Å². The summed E-state index contributed by atoms with van der Waals surface area (Å²) in [5, 5.41) is 46.5. The number of carbonyl (C=O) groups is 2. The predicted octanol–water partition coefficient (Wildman–Crippen LogP) is 2.86. The number of fused-ring (bicyclic) bond motifs is 3. The second kappa shape index (κ2) is 13.0. The number of carbonyl (C=O) groups excluding carboxylic acids is 1. The van der Waals surface area contributed by atoms with Gasteiger partial charge in [-0.3, -0.25) is 23.9 Å². The quantitative estimate of drug-likeness (QED) is 0.0845. The molecule has 6 N–H and O–H groups in total. The van der Waals surface area contributed by atoms with Crippen LogP contribution in [0.15, 0.2) is 84.5 Å². The number of benzene rings is 3. The van der Waals surface area contributed by atoms with Crippen LogP contribution in [0.4, 0.5) is 5.69 Å². The van der Waals surface area contributed by atoms with Crippen molar-refractivity contribution in [1.82, 2.24) is 9.55 Å². The smallest absolute Gasteiger partial charge is 0.336 e. The summed E-state index contributed by atoms with van der Waals surface area (Å²) in [5.74, 6) is -2.07. The molecule has 4 unspecified atom stereocenters. The standard InChI is InChI=1S/C37H35N3O12S/c1-4-36(48)28(52-33-35(2,17-50-3)37(33,36)49)15-40-14-27(31(44)39-34(40)47)53-16-29(43)38-18-5-8-21(24(11-18)32(45)46)30-22-9-6-19(41)12-25(22)51-26-13-20(42)7-10-23(26)30/h5-14,28,33,41,48-49H,4,15-17H2,1-3H3,(H,38,43)(H,45,46)(H,39,44,47)/t28?,33?,35-,36?,37?/m0/s1. The van der Waals surface area contributed by atoms with Gasteiger partial charge in [-0.1, -0.05) is 19.9 Å². The lowest BCUT2D eigenvalue weighted by Crippen LogP contribution is -2.56. The van der Waals surface area contributed by atoms with Gasteiger partial charge < -0.3 is 39.6 Å². The first kappa shape index (κ1) is 36.1. The van der Waals surface area contributed by atoms with Crippen molar-refractivity contribution < 1.29 is 43.9 Å². The lowest BCUT2D eigenvalue weighted by molar-refractivity contribution is -0.159. The van der Waals surface area contributed by atoms with Crippen molar-refractivity contribution in [2.75, 3.05) is 24.8 Å². The Kier molecular flexibility index (Phi) is 8.86. The molecule has 2 aliphatic heterocycles. The Labute approximate surface area is 304 Å². The molecule has 3 aromatic rings. The fourth-order valence-electron chi connectivity index (χ4n) is 7.70. The van der Waals surface area contributed by atoms with E-state index >= 15 is 0 Å². The highest BCUT2D eigenvalue weighted by atomic mass is 32.2. The minimum absolute atomic E-state index is 0.0213. The lowest BCUT2D eigenvalue weighted by Gasteiger charge is -2.38. The van der Waals surface area contributed by atoms with Gasteiger partial charge in [0.05, 0.1) is 34.8 Å². The maximum atomic E-state index is 13.1. The van der Waals surface area contributed by atoms with Gasteiger partial charge in [0, 0.05) is 47.6 Å². The third kappa shape index (κ3) is 5.73. The molecule has 53 heavy (non-hydrogen) atoms. The predicted molar refractivity (Wildman–Crippen MR) is 193 cm³/mol. The number of nitrogens with zero attached hydrogens (tertiary/aromatic N) is 1. The van der Waals surface area contributed by atoms with Crippen molar-refractivity contribution in [2.45, 2.75) is 55.1 Å². The molecular weight excluding hydrogens is 710 g/mol. The number of phenolic OH excluding ortho intramolecular Hbond substituents is 1. The van der Waals surface area contributed by atoms with Crippen LogP contribution in [0.3, 0.4) is 0 Å². The van der Waals surface area contributed by atoms with E-state index in [-0.39, 0.29) is 69.6 Å². The molecule has 0 radical (unpaired) electrons. The number of hydrogen-bond acceptors (Lipinski definition) is 12. The van der Waals surface area contributed by atoms with Gasteiger partial charge in [-0.15, -0.1) is 11.8 Å². The molecular formula is C37H35N3O12S. The molecule has 15 nitrogen and oxygen atoms in total. The summed E-state index contributed by atoms with van der Waals surface area (Å²) in [6.45, 7) is 3.41. The van der Waals surface area contributed by atoms with Crippen LogP contribution >= 0.6 is 11.8 Å². The van der Waals surface area contributed by atoms with E-state index in [0.29, 0.717) is 16.5 Å². The number of H-pyrrole nitrogens is 1. The number of aromatic hydroxyl groups is 1. The van der Waals surface area contributed by atoms with E-state index in [4.69, 9.17) is 13.9 Å². The average Bonchev–Trinajstić information content (AvgIpc) is 3.46. The summed E-state index contributed by atoms with van der Waals surface area (Å²) in [5.41, 5.74) is -4.60. The van der Waals surface area contributed by atoms with Crippen molar-refractivity contribution in [2.24, 2.45) is 5.41 Å². The molecule has 2 aliphatic carbocycles. The summed E-state index contributed by atoms with van der Waals surface area (Å²) in [6, 6.07) is 12.8. The zero-order chi connectivity index (χ0) is 38.0. The number of amides is 1. The summed E-state index contributed by atoms with van der Waals surface area (Å²) < 4.78 is 18.3. The fraction of sp³-hybridized carbons (Fsp3) is 0.324. The van der Waals surface area contributed by atoms with Crippen molar-refractivity contribution in [3.63, 3.8) is 0 Å². The number of aliphatic hydroxyl groups is 2. The molecule has 276 valence electrons. The Morgan fingerprint density at radius 2 is 1.81 bits per heavy atom. The van der Waals surface area contributed by atoms with Crippen LogP contribution in [0, 0.1) is 5.41 Å². The Bertz CT molecular complexity index is 2460. The van der Waals surface area contributed by atoms with Crippen LogP contribution in [0.2, 0.25) is 0 Å². The van der Waals surface area contributed by atoms with Crippen molar-refractivity contribution in [3.05, 3.63) is 97.4 Å². The zero-order valence-corrected chi connectivity index (χ0v) is 29.5. The number of methoxy groups -OCH3 is 1. The van der Waals surface area contributed by atoms with Crippen LogP contribution in [0.1, 0.15) is 30.6 Å². The third-order valence-electron chi connectivity index (χ3n) is 10.4. The molecule has 0 spiro atoms. The highest BCUT2D eigenvalue weighted by Crippen LogP contribution is 2.69. The lowest BCUT2D eigenvalue weighted by atomic mass is 9.81. The van der Waals surface area contributed by atoms with Crippen LogP contribution in [0.5, 0.6) is 5.75 Å². The molecule has 1 amide bonds. The van der Waals surface area contributed by atoms with E-state index in [2.05, 4.69) is 10.3 Å². The number of rotatable bonds is 11. The monoisotopic (exact) mass is 745 g/mol. The molecule has 16 heteroatoms. The van der Waals surface area contributed by atoms with Crippen molar-refractivity contribution in [3.8, 4) is 28.2 Å². The topological polar surface area (TPSA) is 231 Å². The summed E-state index contributed by atoms with van der Waals surface area (Å²) in [7, 11) is 1.49. The molecule has 2 aromatic carbocycles. The third-order valence-corrected chi connectivity index (χ3v) is 11.4. The number of aromatic carboxylic acids is 1. The number of carboxylic acid groups (broad SMARTS) is 1. The highest BCUT2D eigenvalue weighted by molar-refractivity contribution is 8.00. The zero-order valence-electron chi connectivity index (χ0n) is 28.7. The van der Waals surface area contributed by atoms with Gasteiger partial charge in [0.15, 0.2) is 5.43 Å². The van der Waals surface area contributed by atoms with Crippen LogP contribution in [-0.2, 0) is 20.8 Å². The highest BCUT2D eigenvalue weighted by Gasteiger charge is 2.88. The van der Waals surface area contributed by atoms with E-state index in [1.165, 1.54) is 61.8 Å². The molecule has 7 rings (SSSR count). The molecule has 3 heterocycles. The van der Waals surface area contributed by atoms with E-state index in [0.717, 1.165) is 16.3 Å². The largest absolute Gasteiger partial charge is 0.508 e. The number of carboxylic acids is 1. The molecule has 5 atom stereocenters. The Morgan fingerprint density at radius 1 is 1.06 bits per heavy atom. The van der Waals surface area contributed by atoms with Gasteiger partial charge >= 0.3 is 11.7 Å². The molecule has 1 aromatic heterocycles. The first-order chi connectivity index (χ1) is 25.1. The number of aromatic nitrogens is 2. The van der Waals surface area contributed by atoms with E-state index in [1.807, 2.05) is 0 Å². The SMILES string of the molecule is CCC1(O)C(Cn2cc(SCC(=O)Nc3ccc(-c4c5ccc(=O)cc-5oc5cc(O)ccc45)c(C(=O)O)c3)c(=O)[nH]c2=O)OC2C1(O)[C@@]2(C)COC. The number of anilines is 1. The van der Waals surface area contributed by atoms with Crippen molar-refractivity contribution >= 4 is 40.3 Å². The van der Waals surface area contributed by atoms with Gasteiger partial charge in [-0.2, -0.15) is 0 Å². The normalized spacial score (nSPS) is 24.7. The number of thioether (sulfide) groups is 1. The van der Waals surface area contributed by atoms with Gasteiger partial charge in [0.25, 0.3) is 5.56 Å². The second-order valence-electron chi connectivity index (χ2n) is 13.5. The first-order valence-electron chi connectivity index (χ1n) is 16.6. The van der Waals surface area contributed by atoms with Gasteiger partial charge in [0.1, 0.15) is 40.5 Å². The van der Waals surface area contributed by atoms with Crippen LogP contribution < -0.4 is 22.0 Å². The fourth-order valence-corrected chi connectivity index (χ4v) is 8.44. The van der Waals surface area contributed by atoms with E-state index in [1.54, 1.807) is 19.9 Å². The average molecular weight is 746 g/mol. The van der Waals surface area contributed by atoms with Crippen LogP contribution in [-0.4, -0.2) is 84.7 Å². The molecule has 4 aliphatic rings. The minimum atomic E-state index is -1.71. The Hall–Kier alpha value is -5.26. The summed E-state index contributed by atoms with van der Waals surface area (Å²) in [6.07, 6.45) is -0.328. The molecule has 2 fully saturated rings. The minimum Gasteiger partial charge on any atom is -0.508 e. The first-order valence-corrected chi connectivity index (χ1v) is 17.6. The number of phenols is 1. The van der Waals surface area contributed by atoms with E-state index in [9.17, 15) is 44.4 Å². The van der Waals surface area contributed by atoms with Gasteiger partial charge in [-0.25, -0.2) is 9.59 Å². The maximum absolute atomic E-state index is 13.1. The number of ether oxygens (including phenoxy) is 2. The summed E-state index contributed by atoms with van der Waals surface area (Å²) >= 11 is 0.834. The Morgan fingerprint density at radius 3 is 2.53 bits per heavy atom. The maximum Gasteiger partial charge on any atom is 0.336 e. The molecule has 1 saturated carbocycles. The van der Waals surface area contributed by atoms with Gasteiger partial charge in [0.2, 0.25) is 5.91 Å². The number of hydrogen-bond donors (Lipinski definition) is 6. The van der Waals surface area contributed by atoms with E-state index < -0.39 is 52.0 Å². The van der Waals surface area contributed by atoms with Gasteiger partial charge in [-0.05, 0) is 48.4 Å². The second-order valence-corrected chi connectivity index (χ2v) is 14.5. The van der Waals surface area contributed by atoms with Crippen LogP contribution in [0.25, 0.3) is 33.4 Å². The molecule has 0 bridgehead atoms. The summed E-state index contributed by atoms with van der Waals surface area (Å²) in [4.78, 5) is 65.5.